The van der Waals surface area contributed by atoms with Crippen LogP contribution < -0.4 is 4.74 Å². The maximum Gasteiger partial charge on any atom is 0.363 e. The van der Waals surface area contributed by atoms with Crippen LogP contribution in [0.15, 0.2) is 53.2 Å². The maximum atomic E-state index is 12.1. The van der Waals surface area contributed by atoms with Gasteiger partial charge in [0.05, 0.1) is 12.0 Å². The summed E-state index contributed by atoms with van der Waals surface area (Å²) in [7, 11) is 1.53. The number of hydrogen-bond acceptors (Lipinski definition) is 6. The minimum Gasteiger partial charge on any atom is -0.496 e. The Morgan fingerprint density at radius 1 is 1.20 bits per heavy atom. The molecule has 0 N–H and O–H groups in total. The quantitative estimate of drug-likeness (QED) is 0.369. The van der Waals surface area contributed by atoms with Crippen molar-refractivity contribution >= 4 is 23.6 Å². The molecule has 3 rings (SSSR count). The van der Waals surface area contributed by atoms with Crippen molar-refractivity contribution in [1.82, 2.24) is 0 Å². The number of nitro benzene ring substituents is 1. The molecule has 0 unspecified atom stereocenters. The Bertz CT molecular complexity index is 931. The molecule has 2 aromatic rings. The monoisotopic (exact) mass is 338 g/mol. The first-order chi connectivity index (χ1) is 12.0. The van der Waals surface area contributed by atoms with Gasteiger partial charge >= 0.3 is 5.97 Å². The number of aliphatic imine (C=N–C) groups is 1. The van der Waals surface area contributed by atoms with Gasteiger partial charge in [-0.2, -0.15) is 0 Å². The average molecular weight is 338 g/mol. The highest BCUT2D eigenvalue weighted by atomic mass is 16.6. The molecule has 25 heavy (non-hydrogen) atoms. The molecule has 0 saturated heterocycles. The molecule has 0 saturated carbocycles. The van der Waals surface area contributed by atoms with E-state index in [2.05, 4.69) is 4.99 Å². The summed E-state index contributed by atoms with van der Waals surface area (Å²) < 4.78 is 10.4. The van der Waals surface area contributed by atoms with Gasteiger partial charge in [-0.15, -0.1) is 0 Å². The van der Waals surface area contributed by atoms with Crippen LogP contribution in [0.4, 0.5) is 5.69 Å². The summed E-state index contributed by atoms with van der Waals surface area (Å²) in [4.78, 5) is 26.9. The normalized spacial score (nSPS) is 15.0. The molecular weight excluding hydrogens is 324 g/mol. The molecule has 1 heterocycles. The van der Waals surface area contributed by atoms with Gasteiger partial charge in [-0.1, -0.05) is 24.3 Å². The lowest BCUT2D eigenvalue weighted by Crippen LogP contribution is -2.08. The van der Waals surface area contributed by atoms with E-state index in [1.165, 1.54) is 19.2 Å². The van der Waals surface area contributed by atoms with E-state index in [1.54, 1.807) is 31.2 Å². The second kappa shape index (κ2) is 6.56. The van der Waals surface area contributed by atoms with Gasteiger partial charge in [-0.25, -0.2) is 9.79 Å². The van der Waals surface area contributed by atoms with Crippen molar-refractivity contribution in [3.63, 3.8) is 0 Å². The fraction of sp³-hybridized carbons (Fsp3) is 0.111. The minimum atomic E-state index is -0.619. The Morgan fingerprint density at radius 3 is 2.68 bits per heavy atom. The predicted octanol–water partition coefficient (Wildman–Crippen LogP) is 3.26. The van der Waals surface area contributed by atoms with Crippen molar-refractivity contribution < 1.29 is 19.2 Å². The second-order valence-corrected chi connectivity index (χ2v) is 5.28. The van der Waals surface area contributed by atoms with Crippen LogP contribution >= 0.6 is 0 Å². The third-order valence-corrected chi connectivity index (χ3v) is 3.78. The van der Waals surface area contributed by atoms with Crippen LogP contribution in [0, 0.1) is 17.0 Å². The van der Waals surface area contributed by atoms with E-state index in [4.69, 9.17) is 9.47 Å². The van der Waals surface area contributed by atoms with Crippen molar-refractivity contribution in [2.75, 3.05) is 7.11 Å². The number of ether oxygens (including phenoxy) is 2. The van der Waals surface area contributed by atoms with E-state index in [9.17, 15) is 14.9 Å². The predicted molar refractivity (Wildman–Crippen MR) is 91.4 cm³/mol. The topological polar surface area (TPSA) is 91.0 Å². The van der Waals surface area contributed by atoms with Crippen molar-refractivity contribution in [1.29, 1.82) is 0 Å². The molecule has 0 aromatic heterocycles. The number of nitrogens with zero attached hydrogens (tertiary/aromatic N) is 2. The first-order valence-electron chi connectivity index (χ1n) is 7.41. The highest BCUT2D eigenvalue weighted by Crippen LogP contribution is 2.27. The van der Waals surface area contributed by atoms with Crippen molar-refractivity contribution in [3.05, 3.63) is 75.0 Å². The molecule has 126 valence electrons. The Morgan fingerprint density at radius 2 is 1.96 bits per heavy atom. The zero-order valence-electron chi connectivity index (χ0n) is 13.6. The Balaban J connectivity index is 2.03. The van der Waals surface area contributed by atoms with Crippen LogP contribution in [-0.2, 0) is 9.53 Å². The van der Waals surface area contributed by atoms with Crippen LogP contribution in [0.25, 0.3) is 6.08 Å². The number of methoxy groups -OCH3 is 1. The van der Waals surface area contributed by atoms with Gasteiger partial charge < -0.3 is 9.47 Å². The standard InChI is InChI=1S/C18H14N2O5/c1-11-13(7-5-8-15(11)20(22)23)17-19-14(18(21)25-17)10-12-6-3-4-9-16(12)24-2/h3-10H,1-2H3/b14-10+. The van der Waals surface area contributed by atoms with E-state index >= 15 is 0 Å². The molecule has 0 atom stereocenters. The molecule has 0 bridgehead atoms. The van der Waals surface area contributed by atoms with Gasteiger partial charge in [0.15, 0.2) is 5.70 Å². The number of cyclic esters (lactones) is 1. The van der Waals surface area contributed by atoms with E-state index in [0.29, 0.717) is 22.4 Å². The summed E-state index contributed by atoms with van der Waals surface area (Å²) in [5.74, 6) is 0.0251. The van der Waals surface area contributed by atoms with E-state index < -0.39 is 10.9 Å². The smallest absolute Gasteiger partial charge is 0.363 e. The summed E-state index contributed by atoms with van der Waals surface area (Å²) in [6, 6.07) is 11.7. The van der Waals surface area contributed by atoms with Crippen LogP contribution in [0.3, 0.4) is 0 Å². The van der Waals surface area contributed by atoms with Crippen LogP contribution in [0.1, 0.15) is 16.7 Å². The fourth-order valence-corrected chi connectivity index (χ4v) is 2.51. The minimum absolute atomic E-state index is 0.0485. The van der Waals surface area contributed by atoms with E-state index in [-0.39, 0.29) is 17.3 Å². The molecule has 0 fully saturated rings. The van der Waals surface area contributed by atoms with Gasteiger partial charge in [0, 0.05) is 22.8 Å². The number of carbonyl (C=O) groups is 1. The Hall–Kier alpha value is -3.48. The van der Waals surface area contributed by atoms with E-state index in [1.807, 2.05) is 12.1 Å². The van der Waals surface area contributed by atoms with Gasteiger partial charge in [0.25, 0.3) is 5.69 Å². The first-order valence-corrected chi connectivity index (χ1v) is 7.41. The van der Waals surface area contributed by atoms with E-state index in [0.717, 1.165) is 0 Å². The third-order valence-electron chi connectivity index (χ3n) is 3.78. The number of para-hydroxylation sites is 1. The lowest BCUT2D eigenvalue weighted by atomic mass is 10.1. The zero-order chi connectivity index (χ0) is 18.0. The number of hydrogen-bond donors (Lipinski definition) is 0. The number of nitro groups is 1. The molecule has 0 amide bonds. The molecule has 1 aliphatic heterocycles. The highest BCUT2D eigenvalue weighted by Gasteiger charge is 2.27. The second-order valence-electron chi connectivity index (χ2n) is 5.28. The largest absolute Gasteiger partial charge is 0.496 e. The number of rotatable bonds is 4. The summed E-state index contributed by atoms with van der Waals surface area (Å²) >= 11 is 0. The zero-order valence-corrected chi connectivity index (χ0v) is 13.6. The molecule has 2 aromatic carbocycles. The van der Waals surface area contributed by atoms with Crippen molar-refractivity contribution in [2.45, 2.75) is 6.92 Å². The van der Waals surface area contributed by atoms with Crippen LogP contribution in [-0.4, -0.2) is 23.9 Å². The lowest BCUT2D eigenvalue weighted by molar-refractivity contribution is -0.385. The van der Waals surface area contributed by atoms with Gasteiger partial charge in [-0.05, 0) is 25.1 Å². The van der Waals surface area contributed by atoms with Crippen molar-refractivity contribution in [3.8, 4) is 5.75 Å². The average Bonchev–Trinajstić information content (AvgIpc) is 2.95. The molecular formula is C18H14N2O5. The Labute approximate surface area is 143 Å². The van der Waals surface area contributed by atoms with Crippen LogP contribution in [0.5, 0.6) is 5.75 Å². The van der Waals surface area contributed by atoms with Gasteiger partial charge in [0.2, 0.25) is 5.90 Å². The SMILES string of the molecule is COc1ccccc1/C=C1/N=C(c2cccc([N+](=O)[O-])c2C)OC1=O. The van der Waals surface area contributed by atoms with Gasteiger partial charge in [-0.3, -0.25) is 10.1 Å². The first kappa shape index (κ1) is 16.4. The molecule has 0 spiro atoms. The lowest BCUT2D eigenvalue weighted by Gasteiger charge is -2.04. The Kier molecular flexibility index (Phi) is 4.30. The molecule has 0 aliphatic carbocycles. The number of carbonyl (C=O) groups excluding carboxylic acids is 1. The van der Waals surface area contributed by atoms with Crippen molar-refractivity contribution in [2.24, 2.45) is 4.99 Å². The third kappa shape index (κ3) is 3.12. The molecule has 7 nitrogen and oxygen atoms in total. The molecule has 0 radical (unpaired) electrons. The summed E-state index contributed by atoms with van der Waals surface area (Å²) in [6.45, 7) is 1.59. The molecule has 7 heteroatoms. The van der Waals surface area contributed by atoms with Gasteiger partial charge in [0.1, 0.15) is 5.75 Å². The number of benzene rings is 2. The number of esters is 1. The summed E-state index contributed by atoms with van der Waals surface area (Å²) in [5.41, 5.74) is 1.52. The fourth-order valence-electron chi connectivity index (χ4n) is 2.51. The highest BCUT2D eigenvalue weighted by molar-refractivity contribution is 6.13. The molecule has 1 aliphatic rings. The maximum absolute atomic E-state index is 12.1. The summed E-state index contributed by atoms with van der Waals surface area (Å²) in [5, 5.41) is 11.1. The summed E-state index contributed by atoms with van der Waals surface area (Å²) in [6.07, 6.45) is 1.56. The van der Waals surface area contributed by atoms with Crippen LogP contribution in [0.2, 0.25) is 0 Å².